The average Bonchev–Trinajstić information content (AvgIpc) is 1.62. The van der Waals surface area contributed by atoms with Crippen LogP contribution < -0.4 is 24.8 Å². The number of hydrogen-bond acceptors (Lipinski definition) is 18. The zero-order valence-electron chi connectivity index (χ0n) is 49.0. The first-order chi connectivity index (χ1) is 40.6. The molecule has 3 aromatic heterocycles. The summed E-state index contributed by atoms with van der Waals surface area (Å²) in [6.07, 6.45) is 9.15. The second-order valence-corrected chi connectivity index (χ2v) is 30.1. The number of benzene rings is 2. The van der Waals surface area contributed by atoms with Crippen LogP contribution in [0, 0.1) is 11.8 Å². The monoisotopic (exact) mass is 1220 g/mol. The minimum absolute atomic E-state index is 0.0426. The Morgan fingerprint density at radius 3 is 1.56 bits per heavy atom. The fraction of sp³-hybridized carbons (Fsp3) is 0.516. The summed E-state index contributed by atoms with van der Waals surface area (Å²) in [5.41, 5.74) is -2.54. The summed E-state index contributed by atoms with van der Waals surface area (Å²) in [6, 6.07) is 11.1. The van der Waals surface area contributed by atoms with Gasteiger partial charge in [-0.1, -0.05) is 12.2 Å². The molecule has 6 fully saturated rings. The quantitative estimate of drug-likeness (QED) is 0.0829. The zero-order valence-corrected chi connectivity index (χ0v) is 50.6. The number of nitrogens with one attached hydrogen (secondary N) is 2. The van der Waals surface area contributed by atoms with Gasteiger partial charge in [0.25, 0.3) is 0 Å². The molecule has 0 bridgehead atoms. The third-order valence-corrected chi connectivity index (χ3v) is 21.2. The molecule has 0 radical (unpaired) electrons. The molecule has 7 aliphatic rings. The van der Waals surface area contributed by atoms with E-state index >= 15 is 0 Å². The molecule has 4 saturated carbocycles. The lowest BCUT2D eigenvalue weighted by Crippen LogP contribution is -2.54. The maximum atomic E-state index is 13.8. The van der Waals surface area contributed by atoms with Crippen molar-refractivity contribution in [2.75, 3.05) is 31.2 Å². The Kier molecular flexibility index (Phi) is 15.6. The predicted octanol–water partition coefficient (Wildman–Crippen LogP) is 7.08. The van der Waals surface area contributed by atoms with E-state index in [2.05, 4.69) is 33.8 Å². The molecule has 6 heterocycles. The number of amides is 4. The second-order valence-electron chi connectivity index (χ2n) is 25.6. The van der Waals surface area contributed by atoms with E-state index in [0.29, 0.717) is 44.1 Å². The van der Waals surface area contributed by atoms with Gasteiger partial charge in [0.1, 0.15) is 69.4 Å². The number of ketones is 2. The summed E-state index contributed by atoms with van der Waals surface area (Å²) >= 11 is 0. The van der Waals surface area contributed by atoms with Crippen LogP contribution in [0.5, 0.6) is 17.5 Å². The van der Waals surface area contributed by atoms with Crippen molar-refractivity contribution in [1.29, 1.82) is 0 Å². The lowest BCUT2D eigenvalue weighted by Gasteiger charge is -2.29. The van der Waals surface area contributed by atoms with E-state index < -0.39 is 136 Å². The molecule has 12 rings (SSSR count). The van der Waals surface area contributed by atoms with Crippen molar-refractivity contribution >= 4 is 87.8 Å². The maximum Gasteiger partial charge on any atom is 0.411 e. The van der Waals surface area contributed by atoms with Gasteiger partial charge in [0, 0.05) is 65.2 Å². The lowest BCUT2D eigenvalue weighted by molar-refractivity contribution is -0.130. The Labute approximate surface area is 498 Å². The zero-order chi connectivity index (χ0) is 61.5. The average molecular weight is 1220 g/mol. The predicted molar refractivity (Wildman–Crippen MR) is 316 cm³/mol. The Morgan fingerprint density at radius 1 is 0.640 bits per heavy atom. The largest absolute Gasteiger partial charge is 0.493 e. The van der Waals surface area contributed by atoms with Crippen LogP contribution >= 0.6 is 0 Å². The van der Waals surface area contributed by atoms with Crippen molar-refractivity contribution < 1.29 is 73.7 Å². The summed E-state index contributed by atoms with van der Waals surface area (Å²) in [5, 5.41) is 8.98. The highest BCUT2D eigenvalue weighted by atomic mass is 32.2. The number of fused-ring (bicyclic) bond motifs is 6. The first-order valence-electron chi connectivity index (χ1n) is 29.1. The number of hydrogen-bond donors (Lipinski definition) is 2. The molecule has 3 aliphatic heterocycles. The number of nitrogens with zero attached hydrogens (tertiary/aromatic N) is 4. The molecule has 4 aliphatic carbocycles. The van der Waals surface area contributed by atoms with Crippen molar-refractivity contribution in [3.8, 4) is 17.5 Å². The van der Waals surface area contributed by atoms with Gasteiger partial charge in [-0.25, -0.2) is 36.4 Å². The summed E-state index contributed by atoms with van der Waals surface area (Å²) in [6.45, 7) is 18.6. The van der Waals surface area contributed by atoms with Crippen molar-refractivity contribution in [2.45, 2.75) is 156 Å². The van der Waals surface area contributed by atoms with Gasteiger partial charge in [-0.3, -0.25) is 29.0 Å². The Morgan fingerprint density at radius 2 is 1.10 bits per heavy atom. The van der Waals surface area contributed by atoms with Gasteiger partial charge < -0.3 is 38.7 Å². The van der Waals surface area contributed by atoms with E-state index in [1.165, 1.54) is 9.80 Å². The number of sulfone groups is 2. The van der Waals surface area contributed by atoms with Gasteiger partial charge in [-0.05, 0) is 133 Å². The Bertz CT molecular complexity index is 3850. The van der Waals surface area contributed by atoms with Crippen LogP contribution in [-0.2, 0) is 54.7 Å². The number of furan rings is 1. The van der Waals surface area contributed by atoms with Gasteiger partial charge in [0.15, 0.2) is 31.2 Å². The topological polar surface area (TPSA) is 286 Å². The molecule has 4 amide bonds. The van der Waals surface area contributed by atoms with E-state index in [9.17, 15) is 45.6 Å². The molecular weight excluding hydrogens is 1150 g/mol. The minimum atomic E-state index is -3.58. The van der Waals surface area contributed by atoms with Crippen LogP contribution in [0.4, 0.5) is 9.59 Å². The molecule has 2 aromatic carbocycles. The van der Waals surface area contributed by atoms with Crippen molar-refractivity contribution in [3.05, 3.63) is 92.0 Å². The molecule has 458 valence electrons. The number of aromatic nitrogens is 2. The summed E-state index contributed by atoms with van der Waals surface area (Å²) < 4.78 is 85.5. The van der Waals surface area contributed by atoms with E-state index in [0.717, 1.165) is 50.2 Å². The summed E-state index contributed by atoms with van der Waals surface area (Å²) in [7, 11) is -7.16. The molecule has 8 atom stereocenters. The molecule has 86 heavy (non-hydrogen) atoms. The number of carbonyl (C=O) groups excluding carboxylic acids is 6. The summed E-state index contributed by atoms with van der Waals surface area (Å²) in [4.78, 5) is 92.3. The molecule has 24 heteroatoms. The van der Waals surface area contributed by atoms with Gasteiger partial charge >= 0.3 is 12.2 Å². The standard InChI is InChI=1S/C31H37N3O8S.C31H35N3O8S/c2*1-5-18-15-31(18,26(35)17-43(38,39)20-6-7-20)33-27(36)24-14-19(16-34(24)29(37)42-30(2,3)4)41-28-23-8-9-25-22(11-13-40-25)21(23)10-12-32-28/h5,8-10,12,18-20,24H,1,6-7,11,13-17H2,2-4H3,(H,33,36);5,8-13,18-20,24H,1,6-7,14-17H2,2-4H3,(H,33,36)/t2*18-,19-,24+,31-/m11/s1. The number of pyridine rings is 2. The molecule has 22 nitrogen and oxygen atoms in total. The minimum Gasteiger partial charge on any atom is -0.493 e. The Hall–Kier alpha value is -7.60. The molecule has 0 spiro atoms. The highest BCUT2D eigenvalue weighted by molar-refractivity contribution is 7.93. The fourth-order valence-corrected chi connectivity index (χ4v) is 15.4. The van der Waals surface area contributed by atoms with E-state index in [1.54, 1.807) is 72.4 Å². The van der Waals surface area contributed by atoms with Crippen LogP contribution in [0.15, 0.2) is 90.8 Å². The highest BCUT2D eigenvalue weighted by Crippen LogP contribution is 2.48. The van der Waals surface area contributed by atoms with E-state index in [1.807, 2.05) is 42.5 Å². The number of rotatable bonds is 18. The number of Topliss-reactive ketones (excluding diaryl/α,β-unsaturated/α-hetero) is 2. The van der Waals surface area contributed by atoms with E-state index in [4.69, 9.17) is 28.1 Å². The first kappa shape index (κ1) is 60.1. The van der Waals surface area contributed by atoms with Crippen molar-refractivity contribution in [3.63, 3.8) is 0 Å². The van der Waals surface area contributed by atoms with E-state index in [-0.39, 0.29) is 38.8 Å². The van der Waals surface area contributed by atoms with Crippen molar-refractivity contribution in [1.82, 2.24) is 30.4 Å². The molecule has 2 N–H and O–H groups in total. The van der Waals surface area contributed by atoms with Crippen LogP contribution in [0.3, 0.4) is 0 Å². The fourth-order valence-electron chi connectivity index (χ4n) is 12.0. The third-order valence-electron chi connectivity index (χ3n) is 16.9. The molecule has 0 unspecified atom stereocenters. The Balaban J connectivity index is 0.000000179. The van der Waals surface area contributed by atoms with Crippen LogP contribution in [0.25, 0.3) is 32.5 Å². The number of ether oxygens (including phenoxy) is 5. The van der Waals surface area contributed by atoms with Gasteiger partial charge in [0.2, 0.25) is 23.6 Å². The first-order valence-corrected chi connectivity index (χ1v) is 32.6. The summed E-state index contributed by atoms with van der Waals surface area (Å²) in [5.74, 6) is -2.75. The van der Waals surface area contributed by atoms with Gasteiger partial charge in [0.05, 0.1) is 36.5 Å². The second kappa shape index (κ2) is 22.3. The smallest absolute Gasteiger partial charge is 0.411 e. The normalized spacial score (nSPS) is 25.9. The number of carbonyl (C=O) groups is 6. The van der Waals surface area contributed by atoms with Gasteiger partial charge in [-0.2, -0.15) is 0 Å². The van der Waals surface area contributed by atoms with Crippen LogP contribution in [-0.4, -0.2) is 160 Å². The van der Waals surface area contributed by atoms with Crippen LogP contribution in [0.2, 0.25) is 0 Å². The molecule has 5 aromatic rings. The SMILES string of the molecule is C=C[C@@H]1C[C@]1(NC(=O)[C@@H]1C[C@@H](Oc2nccc3c2ccc2occc23)CN1C(=O)OC(C)(C)C)C(=O)CS(=O)(=O)C1CC1.C=C[C@@H]1C[C@]1(NC(=O)[C@@H]1C[C@@H](Oc2nccc3c4c(ccc23)OCC4)CN1C(=O)OC(C)(C)C)C(=O)CS(=O)(=O)C1CC1. The maximum absolute atomic E-state index is 13.8. The van der Waals surface area contributed by atoms with Gasteiger partial charge in [-0.15, -0.1) is 13.2 Å². The number of likely N-dealkylation sites (tertiary alicyclic amines) is 2. The molecular formula is C62H72N6O16S2. The highest BCUT2D eigenvalue weighted by Gasteiger charge is 2.63. The van der Waals surface area contributed by atoms with Crippen LogP contribution in [0.1, 0.15) is 98.5 Å². The third kappa shape index (κ3) is 12.2. The van der Waals surface area contributed by atoms with Crippen molar-refractivity contribution in [2.24, 2.45) is 11.8 Å². The lowest BCUT2D eigenvalue weighted by atomic mass is 10.0. The molecule has 2 saturated heterocycles.